The Labute approximate surface area is 118 Å². The first-order chi connectivity index (χ1) is 8.75. The summed E-state index contributed by atoms with van der Waals surface area (Å²) in [5.41, 5.74) is 2.16. The molecule has 3 rings (SSSR count). The van der Waals surface area contributed by atoms with E-state index in [1.807, 2.05) is 36.4 Å². The van der Waals surface area contributed by atoms with Crippen molar-refractivity contribution in [3.8, 4) is 0 Å². The Balaban J connectivity index is 2.10. The van der Waals surface area contributed by atoms with Crippen molar-refractivity contribution in [2.24, 2.45) is 0 Å². The van der Waals surface area contributed by atoms with Gasteiger partial charge in [0.05, 0.1) is 5.69 Å². The van der Waals surface area contributed by atoms with Gasteiger partial charge in [-0.3, -0.25) is 4.79 Å². The molecule has 90 valence electrons. The lowest BCUT2D eigenvalue weighted by molar-refractivity contribution is 0.103. The molecule has 1 N–H and O–H groups in total. The highest BCUT2D eigenvalue weighted by Gasteiger charge is 2.22. The molecule has 0 unspecified atom stereocenters. The lowest BCUT2D eigenvalue weighted by atomic mass is 10.0. The molecule has 1 heterocycles. The van der Waals surface area contributed by atoms with Gasteiger partial charge in [0.15, 0.2) is 5.78 Å². The molecule has 0 bridgehead atoms. The first-order valence-electron chi connectivity index (χ1n) is 5.28. The summed E-state index contributed by atoms with van der Waals surface area (Å²) in [4.78, 5) is 13.4. The second-order valence-corrected chi connectivity index (χ2v) is 6.20. The van der Waals surface area contributed by atoms with Crippen LogP contribution in [0.5, 0.6) is 0 Å². The van der Waals surface area contributed by atoms with Gasteiger partial charge in [-0.25, -0.2) is 0 Å². The molecule has 0 aromatic heterocycles. The molecule has 0 atom stereocenters. The van der Waals surface area contributed by atoms with Gasteiger partial charge in [-0.15, -0.1) is 0 Å². The van der Waals surface area contributed by atoms with Gasteiger partial charge in [-0.1, -0.05) is 41.9 Å². The molecule has 2 nitrogen and oxygen atoms in total. The van der Waals surface area contributed by atoms with Crippen molar-refractivity contribution in [3.63, 3.8) is 0 Å². The quantitative estimate of drug-likeness (QED) is 0.496. The molecule has 5 heteroatoms. The Hall–Kier alpha value is -1.10. The summed E-state index contributed by atoms with van der Waals surface area (Å²) in [6, 6.07) is 12.8. The Kier molecular flexibility index (Phi) is 3.24. The molecule has 0 amide bonds. The van der Waals surface area contributed by atoms with Crippen molar-refractivity contribution in [2.75, 3.05) is 4.72 Å². The van der Waals surface area contributed by atoms with E-state index in [2.05, 4.69) is 4.72 Å². The number of anilines is 1. The maximum absolute atomic E-state index is 12.4. The zero-order valence-electron chi connectivity index (χ0n) is 9.14. The van der Waals surface area contributed by atoms with Gasteiger partial charge in [0.2, 0.25) is 0 Å². The predicted octanol–water partition coefficient (Wildman–Crippen LogP) is 4.65. The molecule has 0 fully saturated rings. The number of ketones is 1. The molecule has 18 heavy (non-hydrogen) atoms. The molecular formula is C13H8ClNOS2. The minimum atomic E-state index is -0.00931. The van der Waals surface area contributed by atoms with Crippen LogP contribution in [-0.4, -0.2) is 5.78 Å². The maximum Gasteiger partial charge on any atom is 0.195 e. The third kappa shape index (κ3) is 2.11. The largest absolute Gasteiger partial charge is 0.319 e. The summed E-state index contributed by atoms with van der Waals surface area (Å²) in [6.45, 7) is 0. The summed E-state index contributed by atoms with van der Waals surface area (Å²) >= 11 is 6.06. The number of nitrogens with one attached hydrogen (secondary N) is 1. The van der Waals surface area contributed by atoms with E-state index in [1.54, 1.807) is 16.9 Å². The van der Waals surface area contributed by atoms with Crippen LogP contribution in [0.2, 0.25) is 5.02 Å². The van der Waals surface area contributed by atoms with Crippen LogP contribution in [-0.2, 0) is 0 Å². The zero-order chi connectivity index (χ0) is 12.5. The smallest absolute Gasteiger partial charge is 0.195 e. The van der Waals surface area contributed by atoms with E-state index in [0.717, 1.165) is 10.6 Å². The average molecular weight is 294 g/mol. The molecule has 0 saturated carbocycles. The fourth-order valence-electron chi connectivity index (χ4n) is 1.78. The van der Waals surface area contributed by atoms with Gasteiger partial charge in [-0.2, -0.15) is 0 Å². The van der Waals surface area contributed by atoms with E-state index in [-0.39, 0.29) is 5.78 Å². The average Bonchev–Trinajstić information content (AvgIpc) is 2.86. The lowest BCUT2D eigenvalue weighted by Gasteiger charge is -2.07. The molecule has 1 aliphatic rings. The molecule has 1 aliphatic heterocycles. The Morgan fingerprint density at radius 2 is 1.94 bits per heavy atom. The highest BCUT2D eigenvalue weighted by Crippen LogP contribution is 2.47. The van der Waals surface area contributed by atoms with Crippen molar-refractivity contribution < 1.29 is 4.79 Å². The fraction of sp³-hybridized carbons (Fsp3) is 0. The van der Waals surface area contributed by atoms with Crippen LogP contribution in [0.1, 0.15) is 15.9 Å². The SMILES string of the molecule is O=C(c1ccccc1)c1cc(Cl)cc2c1NSS2. The Morgan fingerprint density at radius 1 is 1.17 bits per heavy atom. The van der Waals surface area contributed by atoms with Crippen LogP contribution in [0.25, 0.3) is 0 Å². The molecule has 0 saturated heterocycles. The van der Waals surface area contributed by atoms with Gasteiger partial charge in [-0.05, 0) is 22.9 Å². The molecule has 0 spiro atoms. The van der Waals surface area contributed by atoms with Crippen molar-refractivity contribution >= 4 is 44.8 Å². The second-order valence-electron chi connectivity index (χ2n) is 3.79. The lowest BCUT2D eigenvalue weighted by Crippen LogP contribution is -2.03. The van der Waals surface area contributed by atoms with E-state index >= 15 is 0 Å². The van der Waals surface area contributed by atoms with Crippen LogP contribution in [0.3, 0.4) is 0 Å². The van der Waals surface area contributed by atoms with Crippen LogP contribution >= 0.6 is 33.4 Å². The summed E-state index contributed by atoms with van der Waals surface area (Å²) in [6.07, 6.45) is 0. The number of benzene rings is 2. The van der Waals surface area contributed by atoms with Gasteiger partial charge in [0, 0.05) is 32.0 Å². The number of carbonyl (C=O) groups is 1. The third-order valence-electron chi connectivity index (χ3n) is 2.62. The monoisotopic (exact) mass is 293 g/mol. The van der Waals surface area contributed by atoms with Crippen LogP contribution in [0.4, 0.5) is 5.69 Å². The number of carbonyl (C=O) groups excluding carboxylic acids is 1. The summed E-state index contributed by atoms with van der Waals surface area (Å²) < 4.78 is 3.15. The van der Waals surface area contributed by atoms with E-state index < -0.39 is 0 Å². The second kappa shape index (κ2) is 4.88. The van der Waals surface area contributed by atoms with E-state index in [9.17, 15) is 4.79 Å². The summed E-state index contributed by atoms with van der Waals surface area (Å²) in [5, 5.41) is 0.588. The minimum Gasteiger partial charge on any atom is -0.319 e. The van der Waals surface area contributed by atoms with Crippen molar-refractivity contribution in [3.05, 3.63) is 58.6 Å². The third-order valence-corrected chi connectivity index (χ3v) is 4.75. The number of hydrogen-bond donors (Lipinski definition) is 1. The van der Waals surface area contributed by atoms with Crippen molar-refractivity contribution in [2.45, 2.75) is 4.90 Å². The Bertz CT molecular complexity index is 616. The molecule has 2 aromatic rings. The first-order valence-corrected chi connectivity index (χ1v) is 7.81. The van der Waals surface area contributed by atoms with Crippen molar-refractivity contribution in [1.29, 1.82) is 0 Å². The topological polar surface area (TPSA) is 29.1 Å². The van der Waals surface area contributed by atoms with E-state index in [0.29, 0.717) is 16.1 Å². The number of halogens is 1. The molecule has 2 aromatic carbocycles. The fourth-order valence-corrected chi connectivity index (χ4v) is 4.02. The van der Waals surface area contributed by atoms with Crippen LogP contribution in [0, 0.1) is 0 Å². The highest BCUT2D eigenvalue weighted by molar-refractivity contribution is 8.77. The van der Waals surface area contributed by atoms with Crippen molar-refractivity contribution in [1.82, 2.24) is 0 Å². The van der Waals surface area contributed by atoms with E-state index in [4.69, 9.17) is 11.6 Å². The molecular weight excluding hydrogens is 286 g/mol. The predicted molar refractivity (Wildman–Crippen MR) is 78.4 cm³/mol. The maximum atomic E-state index is 12.4. The Morgan fingerprint density at radius 3 is 2.72 bits per heavy atom. The van der Waals surface area contributed by atoms with Gasteiger partial charge >= 0.3 is 0 Å². The standard InChI is InChI=1S/C13H8ClNOS2/c14-9-6-10(12-11(7-9)17-18-15-12)13(16)8-4-2-1-3-5-8/h1-7,15H. The number of hydrogen-bond acceptors (Lipinski definition) is 4. The zero-order valence-corrected chi connectivity index (χ0v) is 11.5. The normalized spacial score (nSPS) is 12.9. The van der Waals surface area contributed by atoms with Crippen LogP contribution < -0.4 is 4.72 Å². The highest BCUT2D eigenvalue weighted by atomic mass is 35.5. The molecule has 0 radical (unpaired) electrons. The summed E-state index contributed by atoms with van der Waals surface area (Å²) in [7, 11) is 3.07. The molecule has 0 aliphatic carbocycles. The van der Waals surface area contributed by atoms with Crippen LogP contribution in [0.15, 0.2) is 47.4 Å². The van der Waals surface area contributed by atoms with Gasteiger partial charge < -0.3 is 4.72 Å². The first kappa shape index (κ1) is 12.0. The number of rotatable bonds is 2. The summed E-state index contributed by atoms with van der Waals surface area (Å²) in [5.74, 6) is -0.00931. The van der Waals surface area contributed by atoms with Gasteiger partial charge in [0.25, 0.3) is 0 Å². The number of fused-ring (bicyclic) bond motifs is 1. The van der Waals surface area contributed by atoms with E-state index in [1.165, 1.54) is 11.0 Å². The van der Waals surface area contributed by atoms with Gasteiger partial charge in [0.1, 0.15) is 0 Å². The minimum absolute atomic E-state index is 0.00931.